The Balaban J connectivity index is 2.09. The smallest absolute Gasteiger partial charge is 0.394 e. The molecule has 0 bridgehead atoms. The fourth-order valence-electron chi connectivity index (χ4n) is 1.86. The van der Waals surface area contributed by atoms with Crippen molar-refractivity contribution in [1.82, 2.24) is 5.32 Å². The van der Waals surface area contributed by atoms with E-state index >= 15 is 0 Å². The van der Waals surface area contributed by atoms with E-state index in [1.807, 2.05) is 24.3 Å². The van der Waals surface area contributed by atoms with Gasteiger partial charge in [-0.2, -0.15) is 0 Å². The third-order valence-corrected chi connectivity index (χ3v) is 2.66. The lowest BCUT2D eigenvalue weighted by Gasteiger charge is -2.10. The number of furan rings is 1. The molecule has 0 unspecified atom stereocenters. The van der Waals surface area contributed by atoms with Crippen molar-refractivity contribution in [1.29, 1.82) is 0 Å². The molecule has 0 saturated heterocycles. The molecule has 6 heteroatoms. The van der Waals surface area contributed by atoms with Crippen LogP contribution < -0.4 is 5.32 Å². The molecule has 1 heterocycles. The van der Waals surface area contributed by atoms with Gasteiger partial charge in [0.25, 0.3) is 0 Å². The first-order chi connectivity index (χ1) is 8.58. The van der Waals surface area contributed by atoms with Crippen molar-refractivity contribution >= 4 is 30.7 Å². The molecule has 92 valence electrons. The van der Waals surface area contributed by atoms with Crippen LogP contribution in [0.1, 0.15) is 5.56 Å². The highest BCUT2D eigenvalue weighted by atomic mass is 16.4. The molecule has 2 aromatic rings. The van der Waals surface area contributed by atoms with Gasteiger partial charge >= 0.3 is 11.9 Å². The maximum absolute atomic E-state index is 11.0. The molecule has 2 N–H and O–H groups in total. The summed E-state index contributed by atoms with van der Waals surface area (Å²) < 4.78 is 5.37. The number of para-hydroxylation sites is 1. The van der Waals surface area contributed by atoms with Gasteiger partial charge in [-0.15, -0.1) is 0 Å². The second-order valence-corrected chi connectivity index (χ2v) is 4.14. The van der Waals surface area contributed by atoms with Gasteiger partial charge in [-0.05, 0) is 18.1 Å². The molecule has 2 rings (SSSR count). The van der Waals surface area contributed by atoms with Gasteiger partial charge in [0.1, 0.15) is 13.4 Å². The number of carbonyl (C=O) groups excluding carboxylic acids is 1. The third-order valence-electron chi connectivity index (χ3n) is 2.66. The molecule has 0 radical (unpaired) electrons. The standard InChI is InChI=1S/C12H12BNO4/c13-10(14-11(15)12(16)17)5-7-6-18-9-4-2-1-3-8(7)9/h1-4,6,10H,5,13H2,(H,14,15)(H,16,17)/t10-/m0/s1. The van der Waals surface area contributed by atoms with E-state index in [2.05, 4.69) is 5.32 Å². The number of benzene rings is 1. The van der Waals surface area contributed by atoms with Crippen LogP contribution in [0.3, 0.4) is 0 Å². The molecule has 0 aliphatic rings. The van der Waals surface area contributed by atoms with E-state index < -0.39 is 11.9 Å². The van der Waals surface area contributed by atoms with Gasteiger partial charge in [0.2, 0.25) is 0 Å². The van der Waals surface area contributed by atoms with Crippen LogP contribution in [-0.2, 0) is 16.0 Å². The first-order valence-corrected chi connectivity index (χ1v) is 5.57. The molecular formula is C12H12BNO4. The average molecular weight is 245 g/mol. The monoisotopic (exact) mass is 245 g/mol. The van der Waals surface area contributed by atoms with Crippen molar-refractivity contribution in [3.05, 3.63) is 36.1 Å². The SMILES string of the molecule is B[C@H](Cc1coc2ccccc12)NC(=O)C(=O)O. The Morgan fingerprint density at radius 1 is 1.39 bits per heavy atom. The molecule has 18 heavy (non-hydrogen) atoms. The molecular weight excluding hydrogens is 233 g/mol. The van der Waals surface area contributed by atoms with Gasteiger partial charge in [0.05, 0.1) is 6.26 Å². The maximum atomic E-state index is 11.0. The van der Waals surface area contributed by atoms with Crippen LogP contribution in [0.5, 0.6) is 0 Å². The normalized spacial score (nSPS) is 12.2. The molecule has 0 saturated carbocycles. The Labute approximate surface area is 104 Å². The average Bonchev–Trinajstić information content (AvgIpc) is 2.72. The van der Waals surface area contributed by atoms with Crippen LogP contribution in [-0.4, -0.2) is 30.8 Å². The lowest BCUT2D eigenvalue weighted by molar-refractivity contribution is -0.150. The zero-order valence-corrected chi connectivity index (χ0v) is 9.84. The van der Waals surface area contributed by atoms with Gasteiger partial charge in [-0.1, -0.05) is 18.2 Å². The zero-order valence-electron chi connectivity index (χ0n) is 9.84. The largest absolute Gasteiger partial charge is 0.474 e. The lowest BCUT2D eigenvalue weighted by atomic mass is 9.89. The number of rotatable bonds is 3. The van der Waals surface area contributed by atoms with Crippen molar-refractivity contribution in [2.45, 2.75) is 12.4 Å². The van der Waals surface area contributed by atoms with Crippen molar-refractivity contribution in [3.8, 4) is 0 Å². The highest BCUT2D eigenvalue weighted by molar-refractivity contribution is 6.32. The summed E-state index contributed by atoms with van der Waals surface area (Å²) in [4.78, 5) is 21.4. The van der Waals surface area contributed by atoms with E-state index in [1.165, 1.54) is 0 Å². The van der Waals surface area contributed by atoms with Gasteiger partial charge in [0.15, 0.2) is 0 Å². The first kappa shape index (κ1) is 12.2. The van der Waals surface area contributed by atoms with E-state index in [0.29, 0.717) is 6.42 Å². The number of hydrogen-bond acceptors (Lipinski definition) is 3. The zero-order chi connectivity index (χ0) is 13.1. The minimum atomic E-state index is -1.47. The number of fused-ring (bicyclic) bond motifs is 1. The summed E-state index contributed by atoms with van der Waals surface area (Å²) in [5.74, 6) is -2.73. The van der Waals surface area contributed by atoms with Crippen molar-refractivity contribution in [2.75, 3.05) is 0 Å². The van der Waals surface area contributed by atoms with E-state index in [9.17, 15) is 9.59 Å². The molecule has 1 amide bonds. The van der Waals surface area contributed by atoms with E-state index in [4.69, 9.17) is 9.52 Å². The molecule has 0 aliphatic heterocycles. The molecule has 1 atom stereocenters. The summed E-state index contributed by atoms with van der Waals surface area (Å²) in [7, 11) is 1.75. The fraction of sp³-hybridized carbons (Fsp3) is 0.167. The highest BCUT2D eigenvalue weighted by Crippen LogP contribution is 2.21. The number of nitrogens with one attached hydrogen (secondary N) is 1. The second kappa shape index (κ2) is 4.95. The van der Waals surface area contributed by atoms with Gasteiger partial charge in [0, 0.05) is 11.3 Å². The highest BCUT2D eigenvalue weighted by Gasteiger charge is 2.16. The number of carboxylic acids is 1. The summed E-state index contributed by atoms with van der Waals surface area (Å²) >= 11 is 0. The summed E-state index contributed by atoms with van der Waals surface area (Å²) in [6.07, 6.45) is 2.16. The molecule has 5 nitrogen and oxygen atoms in total. The van der Waals surface area contributed by atoms with Crippen LogP contribution >= 0.6 is 0 Å². The second-order valence-electron chi connectivity index (χ2n) is 4.14. The van der Waals surface area contributed by atoms with E-state index in [0.717, 1.165) is 16.5 Å². The van der Waals surface area contributed by atoms with E-state index in [1.54, 1.807) is 14.1 Å². The number of aliphatic carboxylic acids is 1. The molecule has 1 aromatic heterocycles. The minimum Gasteiger partial charge on any atom is -0.474 e. The quantitative estimate of drug-likeness (QED) is 0.595. The first-order valence-electron chi connectivity index (χ1n) is 5.57. The number of carboxylic acid groups (broad SMARTS) is 1. The summed E-state index contributed by atoms with van der Waals surface area (Å²) in [5.41, 5.74) is 1.73. The van der Waals surface area contributed by atoms with Crippen LogP contribution in [0.2, 0.25) is 0 Å². The van der Waals surface area contributed by atoms with Crippen LogP contribution in [0.25, 0.3) is 11.0 Å². The Morgan fingerprint density at radius 2 is 2.11 bits per heavy atom. The van der Waals surface area contributed by atoms with Crippen molar-refractivity contribution < 1.29 is 19.1 Å². The van der Waals surface area contributed by atoms with Crippen LogP contribution in [0.15, 0.2) is 34.9 Å². The molecule has 1 aromatic carbocycles. The Morgan fingerprint density at radius 3 is 2.83 bits per heavy atom. The molecule has 0 aliphatic carbocycles. The third kappa shape index (κ3) is 2.53. The number of amides is 1. The van der Waals surface area contributed by atoms with Gasteiger partial charge in [-0.3, -0.25) is 4.79 Å². The van der Waals surface area contributed by atoms with E-state index in [-0.39, 0.29) is 5.94 Å². The molecule has 0 fully saturated rings. The predicted molar refractivity (Wildman–Crippen MR) is 68.0 cm³/mol. The van der Waals surface area contributed by atoms with Crippen LogP contribution in [0.4, 0.5) is 0 Å². The number of hydrogen-bond donors (Lipinski definition) is 2. The van der Waals surface area contributed by atoms with Crippen LogP contribution in [0, 0.1) is 0 Å². The van der Waals surface area contributed by atoms with Gasteiger partial charge in [-0.25, -0.2) is 4.79 Å². The van der Waals surface area contributed by atoms with Crippen molar-refractivity contribution in [2.24, 2.45) is 0 Å². The maximum Gasteiger partial charge on any atom is 0.394 e. The Kier molecular flexibility index (Phi) is 3.37. The topological polar surface area (TPSA) is 79.5 Å². The Bertz CT molecular complexity index is 593. The summed E-state index contributed by atoms with van der Waals surface area (Å²) in [5, 5.41) is 11.9. The lowest BCUT2D eigenvalue weighted by Crippen LogP contribution is -2.40. The van der Waals surface area contributed by atoms with Gasteiger partial charge < -0.3 is 14.8 Å². The minimum absolute atomic E-state index is 0.269. The summed E-state index contributed by atoms with van der Waals surface area (Å²) in [6, 6.07) is 7.58. The Hall–Kier alpha value is -2.24. The predicted octanol–water partition coefficient (Wildman–Crippen LogP) is 0.135. The number of carbonyl (C=O) groups is 2. The summed E-state index contributed by atoms with van der Waals surface area (Å²) in [6.45, 7) is 0. The van der Waals surface area contributed by atoms with Crippen molar-refractivity contribution in [3.63, 3.8) is 0 Å². The molecule has 0 spiro atoms. The fourth-order valence-corrected chi connectivity index (χ4v) is 1.86.